The smallest absolute Gasteiger partial charge is 0.191 e. The van der Waals surface area contributed by atoms with Gasteiger partial charge in [0.15, 0.2) is 5.96 Å². The number of aromatic nitrogens is 1. The normalized spacial score (nSPS) is 17.5. The summed E-state index contributed by atoms with van der Waals surface area (Å²) < 4.78 is 0. The van der Waals surface area contributed by atoms with Gasteiger partial charge in [0.1, 0.15) is 5.01 Å². The molecule has 0 amide bonds. The lowest BCUT2D eigenvalue weighted by molar-refractivity contribution is 0.192. The van der Waals surface area contributed by atoms with E-state index >= 15 is 0 Å². The molecule has 1 aromatic rings. The highest BCUT2D eigenvalue weighted by Crippen LogP contribution is 2.17. The van der Waals surface area contributed by atoms with Crippen molar-refractivity contribution in [2.45, 2.75) is 59.5 Å². The first-order valence-corrected chi connectivity index (χ1v) is 10.2. The Kier molecular flexibility index (Phi) is 7.99. The molecule has 0 saturated carbocycles. The maximum atomic E-state index is 4.71. The lowest BCUT2D eigenvalue weighted by atomic mass is 10.0. The highest BCUT2D eigenvalue weighted by Gasteiger charge is 2.24. The molecule has 0 radical (unpaired) electrons. The largest absolute Gasteiger partial charge is 0.357 e. The Morgan fingerprint density at radius 2 is 2.04 bits per heavy atom. The summed E-state index contributed by atoms with van der Waals surface area (Å²) >= 11 is 1.76. The maximum absolute atomic E-state index is 4.71. The zero-order valence-electron chi connectivity index (χ0n) is 15.6. The van der Waals surface area contributed by atoms with Gasteiger partial charge in [-0.1, -0.05) is 20.8 Å². The fourth-order valence-electron chi connectivity index (χ4n) is 3.13. The molecule has 1 aliphatic heterocycles. The zero-order valence-corrected chi connectivity index (χ0v) is 16.5. The molecule has 0 aliphatic carbocycles. The number of likely N-dealkylation sites (tertiary alicyclic amines) is 1. The summed E-state index contributed by atoms with van der Waals surface area (Å²) in [4.78, 5) is 13.1. The van der Waals surface area contributed by atoms with Crippen molar-refractivity contribution in [1.29, 1.82) is 0 Å². The second-order valence-corrected chi connectivity index (χ2v) is 7.90. The van der Waals surface area contributed by atoms with Crippen LogP contribution in [0.3, 0.4) is 0 Å². The molecule has 24 heavy (non-hydrogen) atoms. The fourth-order valence-corrected chi connectivity index (χ4v) is 3.92. The Hall–Kier alpha value is -1.14. The van der Waals surface area contributed by atoms with E-state index in [1.54, 1.807) is 11.3 Å². The summed E-state index contributed by atoms with van der Waals surface area (Å²) in [6.45, 7) is 13.8. The monoisotopic (exact) mass is 351 g/mol. The van der Waals surface area contributed by atoms with Crippen LogP contribution in [0.25, 0.3) is 0 Å². The van der Waals surface area contributed by atoms with Crippen molar-refractivity contribution in [2.75, 3.05) is 26.2 Å². The minimum Gasteiger partial charge on any atom is -0.357 e. The van der Waals surface area contributed by atoms with E-state index in [4.69, 9.17) is 4.99 Å². The van der Waals surface area contributed by atoms with Crippen molar-refractivity contribution in [3.8, 4) is 0 Å². The third-order valence-electron chi connectivity index (χ3n) is 4.52. The van der Waals surface area contributed by atoms with Crippen molar-refractivity contribution >= 4 is 17.3 Å². The molecular formula is C18H33N5S. The number of guanidine groups is 1. The van der Waals surface area contributed by atoms with Gasteiger partial charge in [0.2, 0.25) is 0 Å². The quantitative estimate of drug-likeness (QED) is 0.558. The van der Waals surface area contributed by atoms with Crippen LogP contribution in [0.5, 0.6) is 0 Å². The Labute approximate surface area is 151 Å². The molecule has 1 fully saturated rings. The number of nitrogens with one attached hydrogen (secondary N) is 2. The van der Waals surface area contributed by atoms with Crippen molar-refractivity contribution in [1.82, 2.24) is 20.5 Å². The van der Waals surface area contributed by atoms with Crippen LogP contribution in [0.1, 0.15) is 50.4 Å². The standard InChI is InChI=1S/C18H33N5S/c1-5-15-11-20-17(24-15)13-22-18(19-6-2)21-12-16(14(3)4)23-9-7-8-10-23/h11,14,16H,5-10,12-13H2,1-4H3,(H2,19,21,22). The molecule has 1 aromatic heterocycles. The van der Waals surface area contributed by atoms with Gasteiger partial charge in [0, 0.05) is 30.2 Å². The number of hydrogen-bond acceptors (Lipinski definition) is 4. The van der Waals surface area contributed by atoms with Crippen LogP contribution in [0.2, 0.25) is 0 Å². The number of aliphatic imine (C=N–C) groups is 1. The lowest BCUT2D eigenvalue weighted by Gasteiger charge is -2.31. The van der Waals surface area contributed by atoms with Gasteiger partial charge in [-0.05, 0) is 45.2 Å². The summed E-state index contributed by atoms with van der Waals surface area (Å²) in [5, 5.41) is 7.99. The second kappa shape index (κ2) is 9.99. The summed E-state index contributed by atoms with van der Waals surface area (Å²) in [7, 11) is 0. The predicted octanol–water partition coefficient (Wildman–Crippen LogP) is 2.88. The number of aryl methyl sites for hydroxylation is 1. The zero-order chi connectivity index (χ0) is 17.4. The lowest BCUT2D eigenvalue weighted by Crippen LogP contribution is -2.48. The van der Waals surface area contributed by atoms with Gasteiger partial charge in [0.05, 0.1) is 6.54 Å². The summed E-state index contributed by atoms with van der Waals surface area (Å²) in [6.07, 6.45) is 5.69. The molecule has 0 spiro atoms. The van der Waals surface area contributed by atoms with Gasteiger partial charge in [0.25, 0.3) is 0 Å². The first kappa shape index (κ1) is 19.2. The van der Waals surface area contributed by atoms with Crippen LogP contribution in [-0.2, 0) is 13.0 Å². The molecule has 1 aliphatic rings. The van der Waals surface area contributed by atoms with E-state index in [9.17, 15) is 0 Å². The summed E-state index contributed by atoms with van der Waals surface area (Å²) in [5.41, 5.74) is 0. The molecule has 0 aromatic carbocycles. The van der Waals surface area contributed by atoms with Crippen molar-refractivity contribution in [3.05, 3.63) is 16.1 Å². The van der Waals surface area contributed by atoms with Crippen LogP contribution in [0, 0.1) is 5.92 Å². The third kappa shape index (κ3) is 5.74. The molecule has 1 unspecified atom stereocenters. The Balaban J connectivity index is 1.92. The van der Waals surface area contributed by atoms with E-state index in [1.807, 2.05) is 6.20 Å². The van der Waals surface area contributed by atoms with Crippen LogP contribution in [0.4, 0.5) is 0 Å². The number of hydrogen-bond donors (Lipinski definition) is 2. The van der Waals surface area contributed by atoms with Gasteiger partial charge in [-0.25, -0.2) is 9.98 Å². The van der Waals surface area contributed by atoms with Crippen LogP contribution in [-0.4, -0.2) is 48.1 Å². The Bertz CT molecular complexity index is 505. The SMILES string of the molecule is CCNC(=NCc1ncc(CC)s1)NCC(C(C)C)N1CCCC1. The predicted molar refractivity (Wildman–Crippen MR) is 104 cm³/mol. The van der Waals surface area contributed by atoms with Crippen molar-refractivity contribution < 1.29 is 0 Å². The molecule has 2 heterocycles. The number of nitrogens with zero attached hydrogens (tertiary/aromatic N) is 3. The van der Waals surface area contributed by atoms with Crippen LogP contribution < -0.4 is 10.6 Å². The molecule has 1 atom stereocenters. The summed E-state index contributed by atoms with van der Waals surface area (Å²) in [6, 6.07) is 0.572. The molecule has 136 valence electrons. The molecule has 2 rings (SSSR count). The number of rotatable bonds is 8. The van der Waals surface area contributed by atoms with Crippen molar-refractivity contribution in [3.63, 3.8) is 0 Å². The van der Waals surface area contributed by atoms with Gasteiger partial charge in [-0.15, -0.1) is 11.3 Å². The molecule has 5 nitrogen and oxygen atoms in total. The Morgan fingerprint density at radius 3 is 2.62 bits per heavy atom. The second-order valence-electron chi connectivity index (χ2n) is 6.70. The van der Waals surface area contributed by atoms with Gasteiger partial charge in [-0.2, -0.15) is 0 Å². The topological polar surface area (TPSA) is 52.6 Å². The van der Waals surface area contributed by atoms with Crippen molar-refractivity contribution in [2.24, 2.45) is 10.9 Å². The minimum atomic E-state index is 0.572. The van der Waals surface area contributed by atoms with Gasteiger partial charge in [-0.3, -0.25) is 4.90 Å². The minimum absolute atomic E-state index is 0.572. The molecular weight excluding hydrogens is 318 g/mol. The Morgan fingerprint density at radius 1 is 1.29 bits per heavy atom. The van der Waals surface area contributed by atoms with E-state index in [-0.39, 0.29) is 0 Å². The molecule has 6 heteroatoms. The highest BCUT2D eigenvalue weighted by molar-refractivity contribution is 7.11. The third-order valence-corrected chi connectivity index (χ3v) is 5.65. The average molecular weight is 352 g/mol. The molecule has 1 saturated heterocycles. The van der Waals surface area contributed by atoms with E-state index in [0.29, 0.717) is 18.5 Å². The summed E-state index contributed by atoms with van der Waals surface area (Å²) in [5.74, 6) is 1.54. The van der Waals surface area contributed by atoms with E-state index in [2.05, 4.69) is 48.2 Å². The van der Waals surface area contributed by atoms with Crippen LogP contribution in [0.15, 0.2) is 11.2 Å². The van der Waals surface area contributed by atoms with Gasteiger partial charge >= 0.3 is 0 Å². The van der Waals surface area contributed by atoms with E-state index in [1.165, 1.54) is 30.8 Å². The average Bonchev–Trinajstić information content (AvgIpc) is 3.24. The van der Waals surface area contributed by atoms with Crippen LogP contribution >= 0.6 is 11.3 Å². The first-order valence-electron chi connectivity index (χ1n) is 9.33. The highest BCUT2D eigenvalue weighted by atomic mass is 32.1. The van der Waals surface area contributed by atoms with E-state index in [0.717, 1.165) is 30.5 Å². The maximum Gasteiger partial charge on any atom is 0.191 e. The fraction of sp³-hybridized carbons (Fsp3) is 0.778. The number of thiazole rings is 1. The first-order chi connectivity index (χ1) is 11.6. The molecule has 2 N–H and O–H groups in total. The molecule has 0 bridgehead atoms. The van der Waals surface area contributed by atoms with E-state index < -0.39 is 0 Å². The van der Waals surface area contributed by atoms with Gasteiger partial charge < -0.3 is 10.6 Å².